The molecule has 6 rings (SSSR count). The second-order valence-electron chi connectivity index (χ2n) is 10.4. The van der Waals surface area contributed by atoms with Crippen LogP contribution in [-0.4, -0.2) is 51.4 Å². The number of Topliss-reactive ketones (excluding diaryl/α,β-unsaturated/α-hetero) is 1. The molecule has 0 amide bonds. The predicted molar refractivity (Wildman–Crippen MR) is 149 cm³/mol. The van der Waals surface area contributed by atoms with Crippen LogP contribution in [0.25, 0.3) is 11.8 Å². The van der Waals surface area contributed by atoms with E-state index in [4.69, 9.17) is 0 Å². The van der Waals surface area contributed by atoms with Gasteiger partial charge in [0.25, 0.3) is 0 Å². The van der Waals surface area contributed by atoms with Crippen LogP contribution in [-0.2, 0) is 30.6 Å². The van der Waals surface area contributed by atoms with Gasteiger partial charge in [0.1, 0.15) is 21.7 Å². The first-order valence-electron chi connectivity index (χ1n) is 13.3. The molecule has 42 heavy (non-hydrogen) atoms. The lowest BCUT2D eigenvalue weighted by Crippen LogP contribution is -2.49. The van der Waals surface area contributed by atoms with Crippen molar-refractivity contribution in [3.05, 3.63) is 81.5 Å². The largest absolute Gasteiger partial charge is 0.427 e. The van der Waals surface area contributed by atoms with Gasteiger partial charge in [-0.2, -0.15) is 23.4 Å². The number of fused-ring (bicyclic) bond motifs is 2. The van der Waals surface area contributed by atoms with Gasteiger partial charge >= 0.3 is 6.18 Å². The Morgan fingerprint density at radius 3 is 2.62 bits per heavy atom. The Morgan fingerprint density at radius 1 is 1.21 bits per heavy atom. The van der Waals surface area contributed by atoms with Gasteiger partial charge in [0.2, 0.25) is 5.78 Å². The van der Waals surface area contributed by atoms with E-state index in [1.165, 1.54) is 12.1 Å². The molecule has 0 radical (unpaired) electrons. The number of hydrogen-bond acceptors (Lipinski definition) is 6. The number of allylic oxidation sites excluding steroid dienone is 1. The van der Waals surface area contributed by atoms with Gasteiger partial charge in [0.15, 0.2) is 10.0 Å². The molecule has 0 N–H and O–H groups in total. The maximum atomic E-state index is 14.3. The summed E-state index contributed by atoms with van der Waals surface area (Å²) in [6, 6.07) is 7.24. The number of alkyl halides is 3. The summed E-state index contributed by atoms with van der Waals surface area (Å²) in [6.45, 7) is 2.29. The number of halogens is 4. The first-order valence-corrected chi connectivity index (χ1v) is 15.2. The minimum atomic E-state index is -4.61. The van der Waals surface area contributed by atoms with Gasteiger partial charge in [0, 0.05) is 25.8 Å². The number of aryl methyl sites for hydroxylation is 1. The number of nitrogens with zero attached hydrogens (tertiary/aromatic N) is 6. The summed E-state index contributed by atoms with van der Waals surface area (Å²) in [5, 5.41) is 8.98. The number of thiazole rings is 1. The smallest absolute Gasteiger partial charge is 0.290 e. The van der Waals surface area contributed by atoms with Crippen molar-refractivity contribution < 1.29 is 26.6 Å². The van der Waals surface area contributed by atoms with Crippen molar-refractivity contribution in [2.24, 2.45) is 12.5 Å². The van der Waals surface area contributed by atoms with Crippen LogP contribution < -0.4 is 0 Å². The molecule has 220 valence electrons. The maximum Gasteiger partial charge on any atom is 0.427 e. The molecule has 3 aromatic heterocycles. The topological polar surface area (TPSA) is 85.9 Å². The van der Waals surface area contributed by atoms with E-state index in [2.05, 4.69) is 15.2 Å². The summed E-state index contributed by atoms with van der Waals surface area (Å²) in [5.74, 6) is -0.870. The normalized spacial score (nSPS) is 21.1. The van der Waals surface area contributed by atoms with E-state index < -0.39 is 33.2 Å². The zero-order valence-electron chi connectivity index (χ0n) is 22.6. The van der Waals surface area contributed by atoms with Crippen LogP contribution in [0.3, 0.4) is 0 Å². The van der Waals surface area contributed by atoms with E-state index in [0.717, 1.165) is 16.8 Å². The zero-order chi connectivity index (χ0) is 29.8. The predicted octanol–water partition coefficient (Wildman–Crippen LogP) is 5.63. The molecule has 0 spiro atoms. The number of benzene rings is 1. The van der Waals surface area contributed by atoms with Gasteiger partial charge in [-0.15, -0.1) is 11.3 Å². The van der Waals surface area contributed by atoms with E-state index in [-0.39, 0.29) is 29.7 Å². The van der Waals surface area contributed by atoms with E-state index in [1.54, 1.807) is 51.3 Å². The lowest BCUT2D eigenvalue weighted by Gasteiger charge is -2.46. The number of carbonyl (C=O) groups is 1. The molecule has 3 atom stereocenters. The molecular formula is C28H26F4N6O2S2. The first kappa shape index (κ1) is 28.6. The highest BCUT2D eigenvalue weighted by Gasteiger charge is 2.51. The fourth-order valence-corrected chi connectivity index (χ4v) is 8.07. The van der Waals surface area contributed by atoms with E-state index in [9.17, 15) is 26.6 Å². The SMILES string of the molecule is CCN(C1CCC2=Cc3c(cnn3-c3ccc(F)cc3)CC2(C(=O)c2ncc(C(F)(F)F)s2)C1)S(=O)c1ccn(C)n1. The Morgan fingerprint density at radius 2 is 1.98 bits per heavy atom. The van der Waals surface area contributed by atoms with Gasteiger partial charge in [0.05, 0.1) is 29.2 Å². The average molecular weight is 619 g/mol. The second kappa shape index (κ2) is 10.7. The highest BCUT2D eigenvalue weighted by molar-refractivity contribution is 7.82. The molecule has 1 fully saturated rings. The third-order valence-electron chi connectivity index (χ3n) is 7.92. The summed E-state index contributed by atoms with van der Waals surface area (Å²) in [6.07, 6.45) is 2.78. The zero-order valence-corrected chi connectivity index (χ0v) is 24.3. The molecule has 4 aromatic rings. The highest BCUT2D eigenvalue weighted by Crippen LogP contribution is 2.52. The summed E-state index contributed by atoms with van der Waals surface area (Å²) in [5.41, 5.74) is 1.68. The summed E-state index contributed by atoms with van der Waals surface area (Å²) in [4.78, 5) is 17.3. The molecule has 3 heterocycles. The van der Waals surface area contributed by atoms with Crippen LogP contribution in [0.4, 0.5) is 17.6 Å². The van der Waals surface area contributed by atoms with Crippen molar-refractivity contribution >= 4 is 34.2 Å². The number of ketones is 1. The Kier molecular flexibility index (Phi) is 7.26. The molecule has 1 saturated carbocycles. The van der Waals surface area contributed by atoms with Crippen LogP contribution in [0.5, 0.6) is 0 Å². The fraction of sp³-hybridized carbons (Fsp3) is 0.357. The molecule has 1 aromatic carbocycles. The van der Waals surface area contributed by atoms with Crippen molar-refractivity contribution in [3.8, 4) is 5.69 Å². The Hall–Kier alpha value is -3.49. The molecule has 3 unspecified atom stereocenters. The van der Waals surface area contributed by atoms with Crippen LogP contribution in [0.1, 0.15) is 52.1 Å². The first-order chi connectivity index (χ1) is 20.0. The van der Waals surface area contributed by atoms with Gasteiger partial charge in [-0.05, 0) is 67.7 Å². The maximum absolute atomic E-state index is 14.3. The van der Waals surface area contributed by atoms with Crippen molar-refractivity contribution in [1.29, 1.82) is 0 Å². The van der Waals surface area contributed by atoms with Crippen molar-refractivity contribution in [1.82, 2.24) is 28.9 Å². The Balaban J connectivity index is 1.42. The number of aromatic nitrogens is 5. The summed E-state index contributed by atoms with van der Waals surface area (Å²) in [7, 11) is 0.134. The van der Waals surface area contributed by atoms with Crippen LogP contribution in [0.2, 0.25) is 0 Å². The molecular weight excluding hydrogens is 592 g/mol. The Labute approximate surface area is 245 Å². The third-order valence-corrected chi connectivity index (χ3v) is 10.5. The van der Waals surface area contributed by atoms with Crippen molar-refractivity contribution in [3.63, 3.8) is 0 Å². The van der Waals surface area contributed by atoms with Gasteiger partial charge in [-0.3, -0.25) is 9.48 Å². The van der Waals surface area contributed by atoms with E-state index >= 15 is 0 Å². The molecule has 0 bridgehead atoms. The molecule has 14 heteroatoms. The van der Waals surface area contributed by atoms with Gasteiger partial charge in [-0.1, -0.05) is 12.5 Å². The van der Waals surface area contributed by atoms with Crippen molar-refractivity contribution in [2.75, 3.05) is 6.54 Å². The highest BCUT2D eigenvalue weighted by atomic mass is 32.2. The van der Waals surface area contributed by atoms with E-state index in [1.807, 2.05) is 13.0 Å². The average Bonchev–Trinajstić information content (AvgIpc) is 3.72. The minimum Gasteiger partial charge on any atom is -0.290 e. The molecule has 0 aliphatic heterocycles. The lowest BCUT2D eigenvalue weighted by atomic mass is 9.61. The number of rotatable bonds is 7. The fourth-order valence-electron chi connectivity index (χ4n) is 5.95. The minimum absolute atomic E-state index is 0.194. The quantitative estimate of drug-likeness (QED) is 0.198. The van der Waals surface area contributed by atoms with Gasteiger partial charge in [-0.25, -0.2) is 22.6 Å². The summed E-state index contributed by atoms with van der Waals surface area (Å²) >= 11 is 0.343. The van der Waals surface area contributed by atoms with Crippen molar-refractivity contribution in [2.45, 2.75) is 49.9 Å². The second-order valence-corrected chi connectivity index (χ2v) is 12.9. The van der Waals surface area contributed by atoms with Crippen LogP contribution in [0.15, 0.2) is 59.5 Å². The summed E-state index contributed by atoms with van der Waals surface area (Å²) < 4.78 is 72.6. The third kappa shape index (κ3) is 4.94. The van der Waals surface area contributed by atoms with E-state index in [0.29, 0.717) is 47.6 Å². The molecule has 0 saturated heterocycles. The molecule has 2 aliphatic carbocycles. The lowest BCUT2D eigenvalue weighted by molar-refractivity contribution is -0.134. The number of hydrogen-bond donors (Lipinski definition) is 0. The molecule has 8 nitrogen and oxygen atoms in total. The van der Waals surface area contributed by atoms with Gasteiger partial charge < -0.3 is 0 Å². The molecule has 2 aliphatic rings. The number of carbonyl (C=O) groups excluding carboxylic acids is 1. The van der Waals surface area contributed by atoms with Crippen LogP contribution >= 0.6 is 11.3 Å². The Bertz CT molecular complexity index is 1710. The van der Waals surface area contributed by atoms with Crippen LogP contribution in [0, 0.1) is 11.2 Å². The monoisotopic (exact) mass is 618 g/mol. The standard InChI is InChI=1S/C28H26F4N6O2S2/c1-3-37(42(40)24-10-11-36(2)35-24)21-7-4-18-12-22-17(15-34-38(22)20-8-5-19(29)6-9-20)13-27(18,14-21)25(39)26-33-16-23(41-26)28(30,31)32/h5-6,8-12,15-16,21H,3-4,7,13-14H2,1-2H3.